The van der Waals surface area contributed by atoms with Gasteiger partial charge in [-0.05, 0) is 48.5 Å². The van der Waals surface area contributed by atoms with Crippen LogP contribution in [0.25, 0.3) is 0 Å². The number of benzene rings is 2. The number of nitrogens with zero attached hydrogens (tertiary/aromatic N) is 3. The average molecular weight is 365 g/mol. The van der Waals surface area contributed by atoms with E-state index < -0.39 is 6.03 Å². The molecule has 0 aromatic heterocycles. The Balaban J connectivity index is 1.94. The number of urea groups is 1. The summed E-state index contributed by atoms with van der Waals surface area (Å²) in [5.74, 6) is 0.522. The van der Waals surface area contributed by atoms with E-state index in [0.717, 1.165) is 11.4 Å². The lowest BCUT2D eigenvalue weighted by atomic mass is 10.2. The second-order valence-corrected chi connectivity index (χ2v) is 5.57. The molecule has 0 radical (unpaired) electrons. The predicted molar refractivity (Wildman–Crippen MR) is 109 cm³/mol. The zero-order chi connectivity index (χ0) is 19.6. The highest BCUT2D eigenvalue weighted by Crippen LogP contribution is 2.22. The maximum atomic E-state index is 10.8. The number of primary amides is 1. The Kier molecular flexibility index (Phi) is 6.95. The van der Waals surface area contributed by atoms with Crippen LogP contribution < -0.4 is 21.7 Å². The highest BCUT2D eigenvalue weighted by atomic mass is 16.2. The standard InChI is InChI=1S/C19H23N7O/c1-14(26(3)13-12-21-2)24-25-18-10-8-16(9-11-18)22-15-4-6-17(7-5-15)23-19(20)27/h4-13,21-22H,1H2,2-3H3,(H3,20,23,27)/b13-12-,25-24?. The third kappa shape index (κ3) is 6.54. The number of anilines is 3. The Morgan fingerprint density at radius 1 is 1.07 bits per heavy atom. The van der Waals surface area contributed by atoms with E-state index in [1.165, 1.54) is 0 Å². The fourth-order valence-corrected chi connectivity index (χ4v) is 2.02. The number of rotatable bonds is 8. The molecular formula is C19H23N7O. The molecule has 2 rings (SSSR count). The van der Waals surface area contributed by atoms with Crippen LogP contribution in [0.5, 0.6) is 0 Å². The van der Waals surface area contributed by atoms with Gasteiger partial charge in [-0.1, -0.05) is 6.58 Å². The van der Waals surface area contributed by atoms with Crippen molar-refractivity contribution >= 4 is 28.8 Å². The van der Waals surface area contributed by atoms with E-state index in [0.29, 0.717) is 17.2 Å². The third-order valence-electron chi connectivity index (χ3n) is 3.46. The molecule has 8 heteroatoms. The SMILES string of the molecule is C=C(N=Nc1ccc(Nc2ccc(NC(N)=O)cc2)cc1)N(C)/C=C\NC. The van der Waals surface area contributed by atoms with Crippen LogP contribution in [0.2, 0.25) is 0 Å². The van der Waals surface area contributed by atoms with Gasteiger partial charge in [-0.3, -0.25) is 0 Å². The quantitative estimate of drug-likeness (QED) is 0.528. The maximum absolute atomic E-state index is 10.8. The molecule has 27 heavy (non-hydrogen) atoms. The lowest BCUT2D eigenvalue weighted by Crippen LogP contribution is -2.19. The first-order valence-electron chi connectivity index (χ1n) is 8.19. The van der Waals surface area contributed by atoms with Crippen LogP contribution in [-0.2, 0) is 0 Å². The van der Waals surface area contributed by atoms with E-state index in [2.05, 4.69) is 32.8 Å². The van der Waals surface area contributed by atoms with Crippen molar-refractivity contribution in [3.63, 3.8) is 0 Å². The van der Waals surface area contributed by atoms with E-state index in [1.807, 2.05) is 50.5 Å². The summed E-state index contributed by atoms with van der Waals surface area (Å²) in [5.41, 5.74) is 8.22. The summed E-state index contributed by atoms with van der Waals surface area (Å²) >= 11 is 0. The van der Waals surface area contributed by atoms with Gasteiger partial charge in [-0.2, -0.15) is 0 Å². The van der Waals surface area contributed by atoms with Crippen LogP contribution in [0, 0.1) is 0 Å². The monoisotopic (exact) mass is 365 g/mol. The van der Waals surface area contributed by atoms with E-state index in [4.69, 9.17) is 5.73 Å². The van der Waals surface area contributed by atoms with Gasteiger partial charge in [0, 0.05) is 43.6 Å². The first kappa shape index (κ1) is 19.5. The topological polar surface area (TPSA) is 107 Å². The zero-order valence-electron chi connectivity index (χ0n) is 15.3. The second kappa shape index (κ2) is 9.62. The molecular weight excluding hydrogens is 342 g/mol. The molecule has 0 saturated carbocycles. The highest BCUT2D eigenvalue weighted by Gasteiger charge is 1.99. The summed E-state index contributed by atoms with van der Waals surface area (Å²) in [4.78, 5) is 12.6. The van der Waals surface area contributed by atoms with Crippen molar-refractivity contribution in [3.05, 3.63) is 73.3 Å². The van der Waals surface area contributed by atoms with Gasteiger partial charge in [0.15, 0.2) is 0 Å². The highest BCUT2D eigenvalue weighted by molar-refractivity contribution is 5.88. The van der Waals surface area contributed by atoms with Crippen LogP contribution in [0.15, 0.2) is 83.6 Å². The molecule has 0 unspecified atom stereocenters. The van der Waals surface area contributed by atoms with Gasteiger partial charge in [0.1, 0.15) is 5.82 Å². The average Bonchev–Trinajstić information content (AvgIpc) is 2.66. The van der Waals surface area contributed by atoms with E-state index in [9.17, 15) is 4.79 Å². The Labute approximate surface area is 158 Å². The molecule has 0 aliphatic carbocycles. The van der Waals surface area contributed by atoms with Crippen molar-refractivity contribution in [1.29, 1.82) is 0 Å². The summed E-state index contributed by atoms with van der Waals surface area (Å²) in [6, 6.07) is 14.1. The summed E-state index contributed by atoms with van der Waals surface area (Å²) in [5, 5.41) is 17.0. The van der Waals surface area contributed by atoms with E-state index in [1.54, 1.807) is 29.4 Å². The molecule has 0 spiro atoms. The number of nitrogens with two attached hydrogens (primary N) is 1. The number of hydrogen-bond acceptors (Lipinski definition) is 6. The van der Waals surface area contributed by atoms with Crippen molar-refractivity contribution in [2.75, 3.05) is 24.7 Å². The summed E-state index contributed by atoms with van der Waals surface area (Å²) in [6.07, 6.45) is 3.58. The molecule has 0 saturated heterocycles. The number of nitrogens with one attached hydrogen (secondary N) is 3. The van der Waals surface area contributed by atoms with Crippen LogP contribution in [0.4, 0.5) is 27.5 Å². The minimum atomic E-state index is -0.590. The molecule has 2 aromatic rings. The van der Waals surface area contributed by atoms with Gasteiger partial charge < -0.3 is 26.6 Å². The Morgan fingerprint density at radius 2 is 1.63 bits per heavy atom. The van der Waals surface area contributed by atoms with Gasteiger partial charge in [0.05, 0.1) is 5.69 Å². The Hall–Kier alpha value is -3.81. The van der Waals surface area contributed by atoms with Crippen molar-refractivity contribution in [2.24, 2.45) is 16.0 Å². The lowest BCUT2D eigenvalue weighted by molar-refractivity contribution is 0.259. The maximum Gasteiger partial charge on any atom is 0.316 e. The van der Waals surface area contributed by atoms with Crippen molar-refractivity contribution in [1.82, 2.24) is 10.2 Å². The molecule has 140 valence electrons. The second-order valence-electron chi connectivity index (χ2n) is 5.57. The van der Waals surface area contributed by atoms with Crippen LogP contribution in [-0.4, -0.2) is 25.0 Å². The summed E-state index contributed by atoms with van der Waals surface area (Å²) < 4.78 is 0. The number of azo groups is 1. The van der Waals surface area contributed by atoms with Crippen molar-refractivity contribution in [3.8, 4) is 0 Å². The molecule has 0 aliphatic heterocycles. The summed E-state index contributed by atoms with van der Waals surface area (Å²) in [7, 11) is 3.66. The van der Waals surface area contributed by atoms with Gasteiger partial charge in [-0.25, -0.2) is 4.79 Å². The number of carbonyl (C=O) groups excluding carboxylic acids is 1. The Bertz CT molecular complexity index is 826. The third-order valence-corrected chi connectivity index (χ3v) is 3.46. The fourth-order valence-electron chi connectivity index (χ4n) is 2.02. The molecule has 5 N–H and O–H groups in total. The van der Waals surface area contributed by atoms with E-state index >= 15 is 0 Å². The van der Waals surface area contributed by atoms with E-state index in [-0.39, 0.29) is 0 Å². The molecule has 0 fully saturated rings. The zero-order valence-corrected chi connectivity index (χ0v) is 15.3. The molecule has 0 aliphatic rings. The Morgan fingerprint density at radius 3 is 2.19 bits per heavy atom. The minimum Gasteiger partial charge on any atom is -0.393 e. The first-order chi connectivity index (χ1) is 13.0. The molecule has 2 aromatic carbocycles. The molecule has 0 heterocycles. The number of carbonyl (C=O) groups is 1. The van der Waals surface area contributed by atoms with Gasteiger partial charge in [-0.15, -0.1) is 10.2 Å². The van der Waals surface area contributed by atoms with Crippen molar-refractivity contribution < 1.29 is 4.79 Å². The largest absolute Gasteiger partial charge is 0.393 e. The number of amides is 2. The van der Waals surface area contributed by atoms with Gasteiger partial charge in [0.25, 0.3) is 0 Å². The smallest absolute Gasteiger partial charge is 0.316 e. The molecule has 0 bridgehead atoms. The van der Waals surface area contributed by atoms with Crippen LogP contribution in [0.3, 0.4) is 0 Å². The lowest BCUT2D eigenvalue weighted by Gasteiger charge is -2.11. The van der Waals surface area contributed by atoms with Crippen LogP contribution in [0.1, 0.15) is 0 Å². The first-order valence-corrected chi connectivity index (χ1v) is 8.19. The van der Waals surface area contributed by atoms with Gasteiger partial charge >= 0.3 is 6.03 Å². The van der Waals surface area contributed by atoms with Crippen molar-refractivity contribution in [2.45, 2.75) is 0 Å². The number of hydrogen-bond donors (Lipinski definition) is 4. The normalized spacial score (nSPS) is 10.7. The molecule has 0 atom stereocenters. The minimum absolute atomic E-state index is 0.522. The molecule has 2 amide bonds. The fraction of sp³-hybridized carbons (Fsp3) is 0.105. The molecule has 8 nitrogen and oxygen atoms in total. The van der Waals surface area contributed by atoms with Crippen LogP contribution >= 0.6 is 0 Å². The predicted octanol–water partition coefficient (Wildman–Crippen LogP) is 4.10. The van der Waals surface area contributed by atoms with Gasteiger partial charge in [0.2, 0.25) is 0 Å². The summed E-state index contributed by atoms with van der Waals surface area (Å²) in [6.45, 7) is 3.86.